The van der Waals surface area contributed by atoms with Gasteiger partial charge in [0.05, 0.1) is 17.9 Å². The Morgan fingerprint density at radius 2 is 2.42 bits per heavy atom. The molecule has 0 fully saturated rings. The highest BCUT2D eigenvalue weighted by Gasteiger charge is 2.15. The van der Waals surface area contributed by atoms with E-state index < -0.39 is 17.8 Å². The average molecular weight is 345 g/mol. The van der Waals surface area contributed by atoms with E-state index in [-0.39, 0.29) is 12.1 Å². The first-order chi connectivity index (χ1) is 9.08. The lowest BCUT2D eigenvalue weighted by Crippen LogP contribution is -2.29. The number of nitrogens with zero attached hydrogens (tertiary/aromatic N) is 1. The first kappa shape index (κ1) is 14.1. The Kier molecular flexibility index (Phi) is 4.62. The van der Waals surface area contributed by atoms with Gasteiger partial charge in [-0.3, -0.25) is 4.79 Å². The van der Waals surface area contributed by atoms with Gasteiger partial charge in [0, 0.05) is 6.54 Å². The third kappa shape index (κ3) is 3.59. The van der Waals surface area contributed by atoms with Crippen LogP contribution in [0.25, 0.3) is 0 Å². The summed E-state index contributed by atoms with van der Waals surface area (Å²) in [6.07, 6.45) is 0.164. The third-order valence-electron chi connectivity index (χ3n) is 2.45. The van der Waals surface area contributed by atoms with Crippen molar-refractivity contribution >= 4 is 33.2 Å². The Morgan fingerprint density at radius 1 is 1.63 bits per heavy atom. The van der Waals surface area contributed by atoms with Crippen molar-refractivity contribution in [1.29, 1.82) is 0 Å². The number of aliphatic hydroxyl groups excluding tert-OH is 1. The minimum absolute atomic E-state index is 0.0228. The van der Waals surface area contributed by atoms with Gasteiger partial charge in [-0.2, -0.15) is 11.3 Å². The minimum Gasteiger partial charge on any atom is -0.387 e. The Bertz CT molecular complexity index is 577. The lowest BCUT2D eigenvalue weighted by molar-refractivity contribution is 0.0912. The molecule has 7 heteroatoms. The minimum atomic E-state index is -0.802. The second-order valence-corrected chi connectivity index (χ2v) is 5.36. The van der Waals surface area contributed by atoms with Gasteiger partial charge in [0.15, 0.2) is 5.82 Å². The lowest BCUT2D eigenvalue weighted by atomic mass is 10.2. The molecule has 2 heterocycles. The maximum absolute atomic E-state index is 13.4. The molecule has 4 nitrogen and oxygen atoms in total. The van der Waals surface area contributed by atoms with Crippen LogP contribution >= 0.6 is 27.3 Å². The van der Waals surface area contributed by atoms with Crippen molar-refractivity contribution < 1.29 is 14.3 Å². The molecule has 2 aromatic heterocycles. The number of aliphatic hydroxyl groups is 1. The predicted molar refractivity (Wildman–Crippen MR) is 73.5 cm³/mol. The fourth-order valence-electron chi connectivity index (χ4n) is 1.45. The SMILES string of the molecule is O=C(NCC(O)c1ccsc1)c1cc(Br)ncc1F. The first-order valence-electron chi connectivity index (χ1n) is 5.37. The number of halogens is 2. The van der Waals surface area contributed by atoms with Crippen LogP contribution in [-0.4, -0.2) is 22.5 Å². The Labute approximate surface area is 121 Å². The van der Waals surface area contributed by atoms with Gasteiger partial charge in [-0.25, -0.2) is 9.37 Å². The molecule has 100 valence electrons. The molecule has 0 aliphatic carbocycles. The Hall–Kier alpha value is -1.31. The van der Waals surface area contributed by atoms with Gasteiger partial charge in [0.25, 0.3) is 5.91 Å². The highest BCUT2D eigenvalue weighted by molar-refractivity contribution is 9.10. The van der Waals surface area contributed by atoms with Crippen molar-refractivity contribution in [3.8, 4) is 0 Å². The summed E-state index contributed by atoms with van der Waals surface area (Å²) in [7, 11) is 0. The van der Waals surface area contributed by atoms with Crippen LogP contribution in [0.4, 0.5) is 4.39 Å². The van der Waals surface area contributed by atoms with Crippen LogP contribution in [0, 0.1) is 5.82 Å². The van der Waals surface area contributed by atoms with Gasteiger partial charge in [0.1, 0.15) is 4.60 Å². The molecule has 0 spiro atoms. The van der Waals surface area contributed by atoms with Crippen molar-refractivity contribution in [3.05, 3.63) is 50.6 Å². The number of hydrogen-bond acceptors (Lipinski definition) is 4. The quantitative estimate of drug-likeness (QED) is 0.837. The Balaban J connectivity index is 2.00. The summed E-state index contributed by atoms with van der Waals surface area (Å²) in [5, 5.41) is 15.9. The standard InChI is InChI=1S/C12H10BrFN2O2S/c13-11-3-8(9(14)4-15-11)12(18)16-5-10(17)7-1-2-19-6-7/h1-4,6,10,17H,5H2,(H,16,18). The van der Waals surface area contributed by atoms with Gasteiger partial charge in [-0.1, -0.05) is 0 Å². The molecule has 2 aromatic rings. The zero-order valence-electron chi connectivity index (χ0n) is 9.64. The summed E-state index contributed by atoms with van der Waals surface area (Å²) < 4.78 is 13.8. The molecule has 0 saturated heterocycles. The number of pyridine rings is 1. The number of thiophene rings is 1. The molecular formula is C12H10BrFN2O2S. The fourth-order valence-corrected chi connectivity index (χ4v) is 2.49. The number of aromatic nitrogens is 1. The second-order valence-electron chi connectivity index (χ2n) is 3.77. The van der Waals surface area contributed by atoms with Crippen molar-refractivity contribution in [2.75, 3.05) is 6.54 Å². The van der Waals surface area contributed by atoms with Crippen molar-refractivity contribution in [3.63, 3.8) is 0 Å². The van der Waals surface area contributed by atoms with E-state index in [4.69, 9.17) is 0 Å². The van der Waals surface area contributed by atoms with Crippen LogP contribution in [0.5, 0.6) is 0 Å². The van der Waals surface area contributed by atoms with E-state index in [0.717, 1.165) is 11.8 Å². The summed E-state index contributed by atoms with van der Waals surface area (Å²) in [5.74, 6) is -1.29. The zero-order chi connectivity index (χ0) is 13.8. The maximum Gasteiger partial charge on any atom is 0.254 e. The predicted octanol–water partition coefficient (Wildman–Crippen LogP) is 2.51. The number of amides is 1. The van der Waals surface area contributed by atoms with Gasteiger partial charge < -0.3 is 10.4 Å². The van der Waals surface area contributed by atoms with Crippen molar-refractivity contribution in [2.45, 2.75) is 6.10 Å². The van der Waals surface area contributed by atoms with Crippen LogP contribution in [0.2, 0.25) is 0 Å². The molecule has 0 radical (unpaired) electrons. The van der Waals surface area contributed by atoms with E-state index in [9.17, 15) is 14.3 Å². The zero-order valence-corrected chi connectivity index (χ0v) is 12.0. The molecule has 1 atom stereocenters. The van der Waals surface area contributed by atoms with Crippen LogP contribution in [0.3, 0.4) is 0 Å². The molecule has 1 amide bonds. The van der Waals surface area contributed by atoms with E-state index in [1.165, 1.54) is 17.4 Å². The Morgan fingerprint density at radius 3 is 3.11 bits per heavy atom. The molecule has 2 rings (SSSR count). The van der Waals surface area contributed by atoms with E-state index in [2.05, 4.69) is 26.2 Å². The smallest absolute Gasteiger partial charge is 0.254 e. The molecule has 0 aliphatic heterocycles. The van der Waals surface area contributed by atoms with E-state index in [1.807, 2.05) is 5.38 Å². The summed E-state index contributed by atoms with van der Waals surface area (Å²) in [4.78, 5) is 15.5. The number of rotatable bonds is 4. The van der Waals surface area contributed by atoms with Crippen LogP contribution in [-0.2, 0) is 0 Å². The lowest BCUT2D eigenvalue weighted by Gasteiger charge is -2.11. The monoisotopic (exact) mass is 344 g/mol. The fraction of sp³-hybridized carbons (Fsp3) is 0.167. The maximum atomic E-state index is 13.4. The second kappa shape index (κ2) is 6.23. The number of nitrogens with one attached hydrogen (secondary N) is 1. The molecule has 2 N–H and O–H groups in total. The molecule has 0 bridgehead atoms. The average Bonchev–Trinajstić information content (AvgIpc) is 2.92. The van der Waals surface area contributed by atoms with Gasteiger partial charge in [-0.15, -0.1) is 0 Å². The van der Waals surface area contributed by atoms with E-state index in [1.54, 1.807) is 11.4 Å². The summed E-state index contributed by atoms with van der Waals surface area (Å²) >= 11 is 4.53. The van der Waals surface area contributed by atoms with Crippen LogP contribution < -0.4 is 5.32 Å². The molecule has 0 aliphatic rings. The van der Waals surface area contributed by atoms with E-state index in [0.29, 0.717) is 4.60 Å². The molecular weight excluding hydrogens is 335 g/mol. The molecule has 19 heavy (non-hydrogen) atoms. The normalized spacial score (nSPS) is 12.2. The van der Waals surface area contributed by atoms with E-state index >= 15 is 0 Å². The van der Waals surface area contributed by atoms with Gasteiger partial charge >= 0.3 is 0 Å². The first-order valence-corrected chi connectivity index (χ1v) is 7.11. The van der Waals surface area contributed by atoms with Gasteiger partial charge in [0.2, 0.25) is 0 Å². The number of carbonyl (C=O) groups is 1. The van der Waals surface area contributed by atoms with Gasteiger partial charge in [-0.05, 0) is 44.4 Å². The summed E-state index contributed by atoms with van der Waals surface area (Å²) in [5.41, 5.74) is 0.612. The van der Waals surface area contributed by atoms with Crippen molar-refractivity contribution in [2.24, 2.45) is 0 Å². The third-order valence-corrected chi connectivity index (χ3v) is 3.59. The summed E-state index contributed by atoms with van der Waals surface area (Å²) in [6, 6.07) is 3.06. The highest BCUT2D eigenvalue weighted by Crippen LogP contribution is 2.16. The molecule has 0 saturated carbocycles. The summed E-state index contributed by atoms with van der Waals surface area (Å²) in [6.45, 7) is 0.0228. The largest absolute Gasteiger partial charge is 0.387 e. The highest BCUT2D eigenvalue weighted by atomic mass is 79.9. The molecule has 0 aromatic carbocycles. The van der Waals surface area contributed by atoms with Crippen molar-refractivity contribution in [1.82, 2.24) is 10.3 Å². The van der Waals surface area contributed by atoms with Crippen LogP contribution in [0.1, 0.15) is 22.0 Å². The topological polar surface area (TPSA) is 62.2 Å². The molecule has 1 unspecified atom stereocenters. The number of hydrogen-bond donors (Lipinski definition) is 2. The van der Waals surface area contributed by atoms with Crippen LogP contribution in [0.15, 0.2) is 33.7 Å². The number of carbonyl (C=O) groups excluding carboxylic acids is 1.